The summed E-state index contributed by atoms with van der Waals surface area (Å²) < 4.78 is 6.80. The summed E-state index contributed by atoms with van der Waals surface area (Å²) in [7, 11) is 1.61. The van der Waals surface area contributed by atoms with E-state index in [4.69, 9.17) is 4.74 Å². The van der Waals surface area contributed by atoms with Crippen LogP contribution in [0.1, 0.15) is 16.3 Å². The molecule has 9 nitrogen and oxygen atoms in total. The zero-order valence-electron chi connectivity index (χ0n) is 13.0. The molecule has 3 rings (SSSR count). The number of carbonyl (C=O) groups is 1. The lowest BCUT2D eigenvalue weighted by molar-refractivity contribution is 0.0945. The van der Waals surface area contributed by atoms with Crippen LogP contribution < -0.4 is 11.0 Å². The fraction of sp³-hybridized carbons (Fsp3) is 0.267. The second-order valence-corrected chi connectivity index (χ2v) is 5.05. The molecule has 0 atom stereocenters. The third kappa shape index (κ3) is 3.30. The number of ether oxygens (including phenoxy) is 1. The molecule has 0 radical (unpaired) electrons. The third-order valence-electron chi connectivity index (χ3n) is 3.49. The minimum Gasteiger partial charge on any atom is -0.383 e. The van der Waals surface area contributed by atoms with Crippen LogP contribution in [0, 0.1) is 0 Å². The molecule has 0 unspecified atom stereocenters. The van der Waals surface area contributed by atoms with Crippen molar-refractivity contribution in [2.45, 2.75) is 13.1 Å². The molecule has 24 heavy (non-hydrogen) atoms. The smallest absolute Gasteiger partial charge is 0.346 e. The number of H-pyrrole nitrogens is 1. The molecule has 1 aromatic carbocycles. The van der Waals surface area contributed by atoms with Crippen LogP contribution in [0.3, 0.4) is 0 Å². The molecule has 9 heteroatoms. The van der Waals surface area contributed by atoms with Crippen molar-refractivity contribution < 1.29 is 9.53 Å². The predicted molar refractivity (Wildman–Crippen MR) is 85.4 cm³/mol. The van der Waals surface area contributed by atoms with Crippen molar-refractivity contribution in [3.63, 3.8) is 0 Å². The Bertz CT molecular complexity index is 917. The Balaban J connectivity index is 1.79. The van der Waals surface area contributed by atoms with Gasteiger partial charge in [-0.05, 0) is 6.07 Å². The second-order valence-electron chi connectivity index (χ2n) is 5.05. The summed E-state index contributed by atoms with van der Waals surface area (Å²) in [6.45, 7) is 1.27. The van der Waals surface area contributed by atoms with E-state index in [-0.39, 0.29) is 12.2 Å². The topological polar surface area (TPSA) is 115 Å². The van der Waals surface area contributed by atoms with Gasteiger partial charge in [-0.3, -0.25) is 4.79 Å². The first-order valence-corrected chi connectivity index (χ1v) is 7.32. The highest BCUT2D eigenvalue weighted by atomic mass is 16.5. The van der Waals surface area contributed by atoms with Gasteiger partial charge in [-0.25, -0.2) is 4.79 Å². The van der Waals surface area contributed by atoms with Crippen LogP contribution >= 0.6 is 0 Å². The predicted octanol–water partition coefficient (Wildman–Crippen LogP) is 0.0910. The van der Waals surface area contributed by atoms with Gasteiger partial charge in [-0.15, -0.1) is 10.2 Å². The molecule has 2 aromatic heterocycles. The number of aromatic nitrogens is 5. The number of methoxy groups -OCH3 is 1. The van der Waals surface area contributed by atoms with Gasteiger partial charge in [0.25, 0.3) is 5.91 Å². The zero-order chi connectivity index (χ0) is 16.9. The van der Waals surface area contributed by atoms with Crippen molar-refractivity contribution in [1.29, 1.82) is 0 Å². The molecule has 0 fully saturated rings. The number of amides is 1. The Morgan fingerprint density at radius 1 is 1.38 bits per heavy atom. The minimum atomic E-state index is -0.567. The molecule has 1 amide bonds. The Morgan fingerprint density at radius 3 is 3.04 bits per heavy atom. The van der Waals surface area contributed by atoms with E-state index in [1.54, 1.807) is 42.3 Å². The highest BCUT2D eigenvalue weighted by Gasteiger charge is 2.14. The monoisotopic (exact) mass is 328 g/mol. The van der Waals surface area contributed by atoms with Gasteiger partial charge in [0.1, 0.15) is 12.0 Å². The number of nitrogens with zero attached hydrogens (tertiary/aromatic N) is 4. The van der Waals surface area contributed by atoms with E-state index in [0.29, 0.717) is 29.9 Å². The molecule has 0 aliphatic rings. The number of hydrogen-bond acceptors (Lipinski definition) is 6. The normalized spacial score (nSPS) is 10.9. The van der Waals surface area contributed by atoms with Gasteiger partial charge < -0.3 is 19.6 Å². The second kappa shape index (κ2) is 7.01. The fourth-order valence-corrected chi connectivity index (χ4v) is 2.31. The highest BCUT2D eigenvalue weighted by molar-refractivity contribution is 6.03. The van der Waals surface area contributed by atoms with Gasteiger partial charge in [-0.1, -0.05) is 18.2 Å². The standard InChI is InChI=1S/C15H16N6O3/c1-24-7-6-21-9-17-20-12(21)8-16-14(22)13-10-4-2-3-5-11(10)18-15(23)19-13/h2-5,9H,6-8H2,1H3,(H,16,22)(H,18,19,23). The number of fused-ring (bicyclic) bond motifs is 1. The van der Waals surface area contributed by atoms with Crippen molar-refractivity contribution in [2.75, 3.05) is 13.7 Å². The van der Waals surface area contributed by atoms with Crippen molar-refractivity contribution in [1.82, 2.24) is 30.0 Å². The van der Waals surface area contributed by atoms with Crippen LogP contribution in [0.15, 0.2) is 35.4 Å². The quantitative estimate of drug-likeness (QED) is 0.663. The molecule has 0 saturated heterocycles. The zero-order valence-corrected chi connectivity index (χ0v) is 13.0. The molecule has 2 N–H and O–H groups in total. The summed E-state index contributed by atoms with van der Waals surface area (Å²) in [5.74, 6) is 0.146. The molecule has 124 valence electrons. The summed E-state index contributed by atoms with van der Waals surface area (Å²) in [5.41, 5.74) is 0.0744. The molecule has 0 spiro atoms. The molecule has 0 bridgehead atoms. The maximum Gasteiger partial charge on any atom is 0.346 e. The van der Waals surface area contributed by atoms with E-state index in [0.717, 1.165) is 0 Å². The van der Waals surface area contributed by atoms with E-state index in [9.17, 15) is 9.59 Å². The molecule has 0 aliphatic carbocycles. The minimum absolute atomic E-state index is 0.0808. The summed E-state index contributed by atoms with van der Waals surface area (Å²) in [6.07, 6.45) is 1.57. The lowest BCUT2D eigenvalue weighted by Gasteiger charge is -2.08. The first kappa shape index (κ1) is 15.8. The summed E-state index contributed by atoms with van der Waals surface area (Å²) in [4.78, 5) is 30.4. The molecule has 0 aliphatic heterocycles. The number of aromatic amines is 1. The molecular formula is C15H16N6O3. The van der Waals surface area contributed by atoms with Gasteiger partial charge in [0, 0.05) is 19.0 Å². The van der Waals surface area contributed by atoms with Crippen molar-refractivity contribution in [2.24, 2.45) is 0 Å². The number of benzene rings is 1. The summed E-state index contributed by atoms with van der Waals surface area (Å²) in [6, 6.07) is 7.00. The average Bonchev–Trinajstić information content (AvgIpc) is 3.04. The molecule has 2 heterocycles. The highest BCUT2D eigenvalue weighted by Crippen LogP contribution is 2.12. The maximum absolute atomic E-state index is 12.4. The van der Waals surface area contributed by atoms with Gasteiger partial charge in [0.15, 0.2) is 5.82 Å². The van der Waals surface area contributed by atoms with E-state index < -0.39 is 11.6 Å². The SMILES string of the molecule is COCCn1cnnc1CNC(=O)c1nc(=O)[nH]c2ccccc12. The van der Waals surface area contributed by atoms with E-state index in [1.807, 2.05) is 0 Å². The van der Waals surface area contributed by atoms with E-state index >= 15 is 0 Å². The van der Waals surface area contributed by atoms with Crippen LogP contribution in [-0.2, 0) is 17.8 Å². The van der Waals surface area contributed by atoms with Gasteiger partial charge >= 0.3 is 5.69 Å². The number of hydrogen-bond donors (Lipinski definition) is 2. The Hall–Kier alpha value is -3.07. The first-order valence-electron chi connectivity index (χ1n) is 7.32. The lowest BCUT2D eigenvalue weighted by Crippen LogP contribution is -2.28. The van der Waals surface area contributed by atoms with Gasteiger partial charge in [0.2, 0.25) is 0 Å². The first-order chi connectivity index (χ1) is 11.7. The summed E-state index contributed by atoms with van der Waals surface area (Å²) in [5, 5.41) is 11.1. The molecule has 0 saturated carbocycles. The Labute approximate surface area is 136 Å². The number of para-hydroxylation sites is 1. The lowest BCUT2D eigenvalue weighted by atomic mass is 10.2. The van der Waals surface area contributed by atoms with Crippen LogP contribution in [0.4, 0.5) is 0 Å². The number of rotatable bonds is 6. The largest absolute Gasteiger partial charge is 0.383 e. The van der Waals surface area contributed by atoms with Gasteiger partial charge in [-0.2, -0.15) is 4.98 Å². The van der Waals surface area contributed by atoms with Crippen LogP contribution in [0.2, 0.25) is 0 Å². The number of carbonyl (C=O) groups excluding carboxylic acids is 1. The van der Waals surface area contributed by atoms with Crippen LogP contribution in [0.25, 0.3) is 10.9 Å². The molecule has 3 aromatic rings. The van der Waals surface area contributed by atoms with E-state index in [2.05, 4.69) is 25.5 Å². The summed E-state index contributed by atoms with van der Waals surface area (Å²) >= 11 is 0. The Morgan fingerprint density at radius 2 is 2.21 bits per heavy atom. The maximum atomic E-state index is 12.4. The number of nitrogens with one attached hydrogen (secondary N) is 2. The van der Waals surface area contributed by atoms with E-state index in [1.165, 1.54) is 0 Å². The van der Waals surface area contributed by atoms with Crippen molar-refractivity contribution in [3.05, 3.63) is 52.6 Å². The fourth-order valence-electron chi connectivity index (χ4n) is 2.31. The molecular weight excluding hydrogens is 312 g/mol. The van der Waals surface area contributed by atoms with Crippen LogP contribution in [-0.4, -0.2) is 44.4 Å². The van der Waals surface area contributed by atoms with Crippen molar-refractivity contribution >= 4 is 16.8 Å². The van der Waals surface area contributed by atoms with Crippen molar-refractivity contribution in [3.8, 4) is 0 Å². The Kier molecular flexibility index (Phi) is 4.62. The van der Waals surface area contributed by atoms with Crippen LogP contribution in [0.5, 0.6) is 0 Å². The van der Waals surface area contributed by atoms with Gasteiger partial charge in [0.05, 0.1) is 18.7 Å². The third-order valence-corrected chi connectivity index (χ3v) is 3.49. The average molecular weight is 328 g/mol.